The Bertz CT molecular complexity index is 1510. The van der Waals surface area contributed by atoms with E-state index in [2.05, 4.69) is 54.1 Å². The van der Waals surface area contributed by atoms with Crippen molar-refractivity contribution in [2.24, 2.45) is 11.3 Å². The summed E-state index contributed by atoms with van der Waals surface area (Å²) in [7, 11) is 0. The van der Waals surface area contributed by atoms with Gasteiger partial charge in [0, 0.05) is 48.8 Å². The highest BCUT2D eigenvalue weighted by Gasteiger charge is 2.47. The van der Waals surface area contributed by atoms with Crippen LogP contribution in [0, 0.1) is 17.2 Å². The molecule has 0 radical (unpaired) electrons. The molecule has 2 aromatic heterocycles. The summed E-state index contributed by atoms with van der Waals surface area (Å²) in [4.78, 5) is 29.9. The van der Waals surface area contributed by atoms with Crippen molar-refractivity contribution in [3.8, 4) is 22.9 Å². The molecule has 1 saturated carbocycles. The Morgan fingerprint density at radius 1 is 1.07 bits per heavy atom. The normalized spacial score (nSPS) is 25.0. The lowest BCUT2D eigenvalue weighted by Crippen LogP contribution is -2.61. The number of halogens is 1. The zero-order chi connectivity index (χ0) is 30.3. The number of nitrogens with one attached hydrogen (secondary N) is 1. The molecule has 1 aromatic carbocycles. The first-order valence-electron chi connectivity index (χ1n) is 16.0. The van der Waals surface area contributed by atoms with Crippen LogP contribution < -0.4 is 15.0 Å². The van der Waals surface area contributed by atoms with Gasteiger partial charge < -0.3 is 19.9 Å². The lowest BCUT2D eigenvalue weighted by Gasteiger charge is -2.54. The van der Waals surface area contributed by atoms with E-state index in [9.17, 15) is 9.18 Å². The van der Waals surface area contributed by atoms with Crippen molar-refractivity contribution < 1.29 is 13.9 Å². The second kappa shape index (κ2) is 11.6. The molecular formula is C33H41FN8O2. The largest absolute Gasteiger partial charge is 0.434 e. The molecule has 232 valence electrons. The molecule has 7 rings (SSSR count). The number of likely N-dealkylation sites (tertiary alicyclic amines) is 1. The van der Waals surface area contributed by atoms with Crippen LogP contribution in [0.3, 0.4) is 0 Å². The van der Waals surface area contributed by atoms with E-state index in [-0.39, 0.29) is 28.6 Å². The number of nitrogens with zero attached hydrogens (tertiary/aromatic N) is 7. The molecule has 0 bridgehead atoms. The summed E-state index contributed by atoms with van der Waals surface area (Å²) in [5, 5.41) is 11.6. The van der Waals surface area contributed by atoms with Gasteiger partial charge in [0.2, 0.25) is 5.91 Å². The average molecular weight is 601 g/mol. The Morgan fingerprint density at radius 2 is 1.86 bits per heavy atom. The zero-order valence-corrected chi connectivity index (χ0v) is 25.6. The molecule has 1 amide bonds. The molecule has 4 fully saturated rings. The molecule has 0 unspecified atom stereocenters. The molecule has 5 heterocycles. The lowest BCUT2D eigenvalue weighted by atomic mass is 9.71. The van der Waals surface area contributed by atoms with Crippen molar-refractivity contribution in [2.45, 2.75) is 76.7 Å². The van der Waals surface area contributed by atoms with Gasteiger partial charge in [0.05, 0.1) is 5.69 Å². The Hall–Kier alpha value is -3.73. The van der Waals surface area contributed by atoms with Crippen molar-refractivity contribution in [1.29, 1.82) is 0 Å². The molecule has 44 heavy (non-hydrogen) atoms. The maximum Gasteiger partial charge on any atom is 0.282 e. The van der Waals surface area contributed by atoms with Crippen LogP contribution in [0.4, 0.5) is 10.2 Å². The standard InChI is InChI=1S/C33H41FN8O2/c1-22(2)26-16-35-20-36-29(26)25-15-24(34)3-4-27(25)44-31-30(37-21-38-40-31)42-18-32(19-42)11-13-41(14-12-32)17-23-5-8-33(9-6-23)10-7-28(43)39-33/h3-4,15-16,20-23H,5-14,17-19H2,1-2H3,(H,39,43). The van der Waals surface area contributed by atoms with Crippen molar-refractivity contribution in [3.63, 3.8) is 0 Å². The van der Waals surface area contributed by atoms with Crippen LogP contribution in [0.1, 0.15) is 76.7 Å². The fraction of sp³-hybridized carbons (Fsp3) is 0.576. The van der Waals surface area contributed by atoms with Gasteiger partial charge in [-0.1, -0.05) is 13.8 Å². The van der Waals surface area contributed by atoms with Crippen molar-refractivity contribution in [3.05, 3.63) is 48.4 Å². The van der Waals surface area contributed by atoms with Crippen LogP contribution in [0.15, 0.2) is 37.1 Å². The number of hydrogen-bond donors (Lipinski definition) is 1. The number of piperidine rings is 1. The van der Waals surface area contributed by atoms with Crippen molar-refractivity contribution >= 4 is 11.7 Å². The quantitative estimate of drug-likeness (QED) is 0.395. The minimum Gasteiger partial charge on any atom is -0.434 e. The molecule has 3 saturated heterocycles. The van der Waals surface area contributed by atoms with Gasteiger partial charge in [-0.3, -0.25) is 4.79 Å². The molecular weight excluding hydrogens is 559 g/mol. The first-order chi connectivity index (χ1) is 21.3. The van der Waals surface area contributed by atoms with E-state index in [4.69, 9.17) is 4.74 Å². The highest BCUT2D eigenvalue weighted by Crippen LogP contribution is 2.46. The smallest absolute Gasteiger partial charge is 0.282 e. The van der Waals surface area contributed by atoms with E-state index in [1.54, 1.807) is 12.3 Å². The second-order valence-corrected chi connectivity index (χ2v) is 13.7. The third-order valence-corrected chi connectivity index (χ3v) is 10.4. The van der Waals surface area contributed by atoms with E-state index in [0.29, 0.717) is 35.1 Å². The molecule has 3 aliphatic heterocycles. The van der Waals surface area contributed by atoms with E-state index >= 15 is 0 Å². The summed E-state index contributed by atoms with van der Waals surface area (Å²) >= 11 is 0. The van der Waals surface area contributed by atoms with Crippen LogP contribution in [0.5, 0.6) is 11.6 Å². The lowest BCUT2D eigenvalue weighted by molar-refractivity contribution is -0.120. The molecule has 1 aliphatic carbocycles. The van der Waals surface area contributed by atoms with Gasteiger partial charge >= 0.3 is 0 Å². The highest BCUT2D eigenvalue weighted by atomic mass is 19.1. The summed E-state index contributed by atoms with van der Waals surface area (Å²) in [6.45, 7) is 9.33. The molecule has 4 aliphatic rings. The first-order valence-corrected chi connectivity index (χ1v) is 16.0. The number of carbonyl (C=O) groups excluding carboxylic acids is 1. The topological polar surface area (TPSA) is 109 Å². The highest BCUT2D eigenvalue weighted by molar-refractivity contribution is 5.79. The van der Waals surface area contributed by atoms with E-state index in [0.717, 1.165) is 56.9 Å². The van der Waals surface area contributed by atoms with Gasteiger partial charge in [0.1, 0.15) is 24.2 Å². The fourth-order valence-corrected chi connectivity index (χ4v) is 7.78. The van der Waals surface area contributed by atoms with Crippen molar-refractivity contribution in [1.82, 2.24) is 35.4 Å². The fourth-order valence-electron chi connectivity index (χ4n) is 7.78. The maximum atomic E-state index is 14.4. The predicted molar refractivity (Wildman–Crippen MR) is 164 cm³/mol. The molecule has 10 nitrogen and oxygen atoms in total. The predicted octanol–water partition coefficient (Wildman–Crippen LogP) is 5.12. The summed E-state index contributed by atoms with van der Waals surface area (Å²) in [6.07, 6.45) is 13.4. The van der Waals surface area contributed by atoms with Gasteiger partial charge in [-0.05, 0) is 93.6 Å². The maximum absolute atomic E-state index is 14.4. The minimum atomic E-state index is -0.371. The number of carbonyl (C=O) groups is 1. The Kier molecular flexibility index (Phi) is 7.68. The van der Waals surface area contributed by atoms with Gasteiger partial charge in [0.25, 0.3) is 5.88 Å². The van der Waals surface area contributed by atoms with Crippen LogP contribution in [-0.2, 0) is 4.79 Å². The number of aromatic nitrogens is 5. The molecule has 1 N–H and O–H groups in total. The molecule has 3 aromatic rings. The van der Waals surface area contributed by atoms with Crippen molar-refractivity contribution in [2.75, 3.05) is 37.6 Å². The van der Waals surface area contributed by atoms with Crippen LogP contribution >= 0.6 is 0 Å². The Morgan fingerprint density at radius 3 is 2.59 bits per heavy atom. The number of rotatable bonds is 7. The number of ether oxygens (including phenoxy) is 1. The SMILES string of the molecule is CC(C)c1cncnc1-c1cc(F)ccc1Oc1nncnc1N1CC2(CCN(CC3CCC4(CCC(=O)N4)CC3)CC2)C1. The van der Waals surface area contributed by atoms with Crippen LogP contribution in [0.25, 0.3) is 11.3 Å². The summed E-state index contributed by atoms with van der Waals surface area (Å²) in [6, 6.07) is 4.43. The summed E-state index contributed by atoms with van der Waals surface area (Å²) in [5.41, 5.74) is 2.46. The molecule has 2 spiro atoms. The average Bonchev–Trinajstić information content (AvgIpc) is 3.38. The van der Waals surface area contributed by atoms with Gasteiger partial charge in [-0.15, -0.1) is 10.2 Å². The third-order valence-electron chi connectivity index (χ3n) is 10.4. The third kappa shape index (κ3) is 5.74. The van der Waals surface area contributed by atoms with E-state index < -0.39 is 0 Å². The number of anilines is 1. The van der Waals surface area contributed by atoms with E-state index in [1.807, 2.05) is 0 Å². The number of amides is 1. The van der Waals surface area contributed by atoms with Gasteiger partial charge in [-0.25, -0.2) is 19.3 Å². The second-order valence-electron chi connectivity index (χ2n) is 13.7. The number of hydrogen-bond acceptors (Lipinski definition) is 9. The molecule has 0 atom stereocenters. The zero-order valence-electron chi connectivity index (χ0n) is 25.6. The number of benzene rings is 1. The Balaban J connectivity index is 0.980. The van der Waals surface area contributed by atoms with E-state index in [1.165, 1.54) is 57.0 Å². The minimum absolute atomic E-state index is 0.0958. The van der Waals surface area contributed by atoms with Gasteiger partial charge in [0.15, 0.2) is 5.82 Å². The monoisotopic (exact) mass is 600 g/mol. The van der Waals surface area contributed by atoms with Crippen LogP contribution in [0.2, 0.25) is 0 Å². The summed E-state index contributed by atoms with van der Waals surface area (Å²) < 4.78 is 20.8. The first kappa shape index (κ1) is 29.0. The van der Waals surface area contributed by atoms with Crippen LogP contribution in [-0.4, -0.2) is 74.2 Å². The molecule has 11 heteroatoms. The van der Waals surface area contributed by atoms with Gasteiger partial charge in [-0.2, -0.15) is 0 Å². The Labute approximate surface area is 257 Å². The summed E-state index contributed by atoms with van der Waals surface area (Å²) in [5.74, 6) is 2.15.